The molecule has 0 amide bonds. The average molecular weight is 193 g/mol. The molecule has 0 saturated carbocycles. The van der Waals surface area contributed by atoms with Gasteiger partial charge >= 0.3 is 0 Å². The van der Waals surface area contributed by atoms with E-state index in [4.69, 9.17) is 0 Å². The van der Waals surface area contributed by atoms with Crippen LogP contribution in [0.15, 0.2) is 42.1 Å². The molecule has 0 aromatic heterocycles. The minimum Gasteiger partial charge on any atom is -0.0766 e. The number of benzene rings is 2. The Balaban J connectivity index is 2.40. The first kappa shape index (κ1) is 7.89. The second kappa shape index (κ2) is 3.03. The first-order valence-corrected chi connectivity index (χ1v) is 5.87. The fourth-order valence-corrected chi connectivity index (χ4v) is 2.62. The Labute approximate surface area is 85.3 Å². The Morgan fingerprint density at radius 2 is 1.57 bits per heavy atom. The largest absolute Gasteiger partial charge is 0.0766 e. The van der Waals surface area contributed by atoms with Gasteiger partial charge in [0.15, 0.2) is 0 Å². The first-order chi connectivity index (χ1) is 6.93. The van der Waals surface area contributed by atoms with Crippen LogP contribution in [0.3, 0.4) is 0 Å². The minimum atomic E-state index is 0.834. The maximum absolute atomic E-state index is 2.31. The smallest absolute Gasteiger partial charge is 0.0512 e. The molecule has 1 heteroatoms. The van der Waals surface area contributed by atoms with Gasteiger partial charge in [0.1, 0.15) is 0 Å². The third kappa shape index (κ3) is 1.17. The van der Waals surface area contributed by atoms with Crippen molar-refractivity contribution < 1.29 is 0 Å². The van der Waals surface area contributed by atoms with E-state index >= 15 is 0 Å². The molecule has 1 heterocycles. The maximum Gasteiger partial charge on any atom is 0.0512 e. The lowest BCUT2D eigenvalue weighted by Crippen LogP contribution is -1.95. The molecular weight excluding hydrogens is 184 g/mol. The van der Waals surface area contributed by atoms with Crippen LogP contribution in [0.25, 0.3) is 16.8 Å². The van der Waals surface area contributed by atoms with E-state index in [-0.39, 0.29) is 0 Å². The predicted octanol–water partition coefficient (Wildman–Crippen LogP) is 2.68. The number of fused-ring (bicyclic) bond motifs is 2. The summed E-state index contributed by atoms with van der Waals surface area (Å²) in [4.78, 5) is 0. The summed E-state index contributed by atoms with van der Waals surface area (Å²) >= 11 is 0. The fourth-order valence-electron chi connectivity index (χ4n) is 1.82. The molecule has 0 saturated heterocycles. The van der Waals surface area contributed by atoms with E-state index in [1.54, 1.807) is 0 Å². The Morgan fingerprint density at radius 1 is 0.857 bits per heavy atom. The van der Waals surface area contributed by atoms with Gasteiger partial charge in [0.2, 0.25) is 0 Å². The third-order valence-corrected chi connectivity index (χ3v) is 3.39. The molecule has 0 aliphatic carbocycles. The van der Waals surface area contributed by atoms with Crippen LogP contribution in [0.4, 0.5) is 0 Å². The summed E-state index contributed by atoms with van der Waals surface area (Å²) in [5.41, 5.74) is 7.27. The Kier molecular flexibility index (Phi) is 1.71. The molecule has 1 aliphatic rings. The molecule has 2 aromatic carbocycles. The second-order valence-electron chi connectivity index (χ2n) is 3.47. The van der Waals surface area contributed by atoms with Crippen LogP contribution in [0.5, 0.6) is 0 Å². The van der Waals surface area contributed by atoms with E-state index in [2.05, 4.69) is 53.8 Å². The molecule has 0 N–H and O–H groups in total. The summed E-state index contributed by atoms with van der Waals surface area (Å²) in [5, 5.41) is 2.66. The summed E-state index contributed by atoms with van der Waals surface area (Å²) in [7, 11) is 0.834. The van der Waals surface area contributed by atoms with Crippen LogP contribution in [0, 0.1) is 0 Å². The van der Waals surface area contributed by atoms with Gasteiger partial charge in [-0.05, 0) is 34.0 Å². The first-order valence-electron chi connectivity index (χ1n) is 4.72. The fraction of sp³-hybridized carbons (Fsp3) is 0. The topological polar surface area (TPSA) is 0 Å². The van der Waals surface area contributed by atoms with Gasteiger partial charge in [0, 0.05) is 0 Å². The zero-order valence-electron chi connectivity index (χ0n) is 7.70. The molecule has 1 aliphatic heterocycles. The van der Waals surface area contributed by atoms with Gasteiger partial charge < -0.3 is 0 Å². The minimum absolute atomic E-state index is 0.834. The van der Waals surface area contributed by atoms with E-state index in [0.29, 0.717) is 0 Å². The molecule has 2 aromatic rings. The second-order valence-corrected chi connectivity index (χ2v) is 4.43. The molecule has 0 spiro atoms. The molecule has 0 unspecified atom stereocenters. The van der Waals surface area contributed by atoms with Crippen molar-refractivity contribution in [3.05, 3.63) is 53.2 Å². The molecule has 0 bridgehead atoms. The van der Waals surface area contributed by atoms with E-state index in [0.717, 1.165) is 9.13 Å². The standard InChI is InChI=1S/C13H9Si/c1-2-4-11-8-13-9-14-6-5-12(13)7-10(11)3-1/h1-9H. The normalized spacial score (nSPS) is 13.1. The van der Waals surface area contributed by atoms with Crippen molar-refractivity contribution in [1.82, 2.24) is 0 Å². The highest BCUT2D eigenvalue weighted by atomic mass is 28.2. The Bertz CT molecular complexity index is 500. The van der Waals surface area contributed by atoms with Crippen LogP contribution in [-0.4, -0.2) is 14.8 Å². The zero-order valence-corrected chi connectivity index (χ0v) is 8.70. The Morgan fingerprint density at radius 3 is 2.36 bits per heavy atom. The number of hydrogen-bond donors (Lipinski definition) is 0. The molecule has 0 atom stereocenters. The van der Waals surface area contributed by atoms with E-state index < -0.39 is 0 Å². The lowest BCUT2D eigenvalue weighted by atomic mass is 10.0. The van der Waals surface area contributed by atoms with E-state index in [1.165, 1.54) is 21.9 Å². The summed E-state index contributed by atoms with van der Waals surface area (Å²) in [6.07, 6.45) is 2.22. The van der Waals surface area contributed by atoms with Crippen LogP contribution >= 0.6 is 0 Å². The van der Waals surface area contributed by atoms with Crippen LogP contribution in [0.1, 0.15) is 11.1 Å². The average Bonchev–Trinajstić information content (AvgIpc) is 2.26. The van der Waals surface area contributed by atoms with Crippen molar-refractivity contribution in [2.45, 2.75) is 0 Å². The lowest BCUT2D eigenvalue weighted by molar-refractivity contribution is 1.68. The van der Waals surface area contributed by atoms with Gasteiger partial charge in [0.25, 0.3) is 0 Å². The lowest BCUT2D eigenvalue weighted by Gasteiger charge is -2.07. The van der Waals surface area contributed by atoms with Crippen molar-refractivity contribution in [2.24, 2.45) is 0 Å². The predicted molar refractivity (Wildman–Crippen MR) is 63.9 cm³/mol. The van der Waals surface area contributed by atoms with Gasteiger partial charge in [-0.25, -0.2) is 0 Å². The van der Waals surface area contributed by atoms with Crippen LogP contribution in [0.2, 0.25) is 0 Å². The van der Waals surface area contributed by atoms with Crippen molar-refractivity contribution in [3.8, 4) is 0 Å². The zero-order chi connectivity index (χ0) is 9.38. The molecule has 3 rings (SSSR count). The summed E-state index contributed by atoms with van der Waals surface area (Å²) in [6, 6.07) is 13.1. The summed E-state index contributed by atoms with van der Waals surface area (Å²) in [5.74, 6) is 0. The quantitative estimate of drug-likeness (QED) is 0.564. The number of hydrogen-bond acceptors (Lipinski definition) is 0. The highest BCUT2D eigenvalue weighted by molar-refractivity contribution is 6.57. The third-order valence-electron chi connectivity index (χ3n) is 2.55. The summed E-state index contributed by atoms with van der Waals surface area (Å²) in [6.45, 7) is 0. The Hall–Kier alpha value is -1.47. The van der Waals surface area contributed by atoms with E-state index in [1.807, 2.05) is 0 Å². The monoisotopic (exact) mass is 193 g/mol. The van der Waals surface area contributed by atoms with Gasteiger partial charge in [-0.2, -0.15) is 0 Å². The molecule has 0 fully saturated rings. The summed E-state index contributed by atoms with van der Waals surface area (Å²) < 4.78 is 0. The van der Waals surface area contributed by atoms with Crippen molar-refractivity contribution in [3.63, 3.8) is 0 Å². The van der Waals surface area contributed by atoms with Gasteiger partial charge in [-0.15, -0.1) is 0 Å². The SMILES string of the molecule is C1=Cc2cc3ccccc3cc2C=[Si]1. The molecule has 65 valence electrons. The van der Waals surface area contributed by atoms with Gasteiger partial charge in [-0.1, -0.05) is 41.7 Å². The molecule has 14 heavy (non-hydrogen) atoms. The maximum atomic E-state index is 2.31. The molecule has 1 radical (unpaired) electrons. The van der Waals surface area contributed by atoms with Crippen molar-refractivity contribution in [1.29, 1.82) is 0 Å². The van der Waals surface area contributed by atoms with Gasteiger partial charge in [0.05, 0.1) is 9.13 Å². The van der Waals surface area contributed by atoms with Crippen molar-refractivity contribution >= 4 is 31.7 Å². The highest BCUT2D eigenvalue weighted by Gasteiger charge is 2.01. The van der Waals surface area contributed by atoms with Gasteiger partial charge in [-0.3, -0.25) is 0 Å². The van der Waals surface area contributed by atoms with E-state index in [9.17, 15) is 0 Å². The van der Waals surface area contributed by atoms with Crippen LogP contribution in [-0.2, 0) is 0 Å². The highest BCUT2D eigenvalue weighted by Crippen LogP contribution is 2.20. The van der Waals surface area contributed by atoms with Crippen molar-refractivity contribution in [2.75, 3.05) is 0 Å². The molecular formula is C13H9Si. The number of rotatable bonds is 0. The van der Waals surface area contributed by atoms with Crippen LogP contribution < -0.4 is 0 Å². The molecule has 0 nitrogen and oxygen atoms in total.